The van der Waals surface area contributed by atoms with E-state index in [-0.39, 0.29) is 11.8 Å². The van der Waals surface area contributed by atoms with E-state index in [0.29, 0.717) is 11.4 Å². The van der Waals surface area contributed by atoms with Crippen molar-refractivity contribution in [3.05, 3.63) is 24.3 Å². The molecular weight excluding hydrogens is 272 g/mol. The number of anilines is 1. The van der Waals surface area contributed by atoms with Gasteiger partial charge in [-0.3, -0.25) is 4.79 Å². The van der Waals surface area contributed by atoms with Gasteiger partial charge >= 0.3 is 12.0 Å². The van der Waals surface area contributed by atoms with E-state index in [0.717, 1.165) is 0 Å². The number of methoxy groups -OCH3 is 1. The van der Waals surface area contributed by atoms with Gasteiger partial charge in [0.05, 0.1) is 13.5 Å². The number of nitrogens with one attached hydrogen (secondary N) is 2. The number of carbonyl (C=O) groups excluding carboxylic acids is 1. The lowest BCUT2D eigenvalue weighted by Crippen LogP contribution is -2.46. The first-order valence-corrected chi connectivity index (χ1v) is 6.65. The molecule has 0 aliphatic carbocycles. The predicted octanol–water partition coefficient (Wildman–Crippen LogP) is 2.71. The van der Waals surface area contributed by atoms with Crippen molar-refractivity contribution in [1.82, 2.24) is 5.32 Å². The minimum absolute atomic E-state index is 0.130. The summed E-state index contributed by atoms with van der Waals surface area (Å²) in [4.78, 5) is 22.9. The van der Waals surface area contributed by atoms with Gasteiger partial charge in [0.15, 0.2) is 0 Å². The van der Waals surface area contributed by atoms with Gasteiger partial charge < -0.3 is 20.5 Å². The molecule has 0 heterocycles. The summed E-state index contributed by atoms with van der Waals surface area (Å²) in [5.41, 5.74) is 0.222. The number of rotatable bonds is 5. The van der Waals surface area contributed by atoms with Gasteiger partial charge in [0.1, 0.15) is 5.75 Å². The lowest BCUT2D eigenvalue weighted by molar-refractivity contribution is -0.138. The Morgan fingerprint density at radius 2 is 2.00 bits per heavy atom. The van der Waals surface area contributed by atoms with Crippen molar-refractivity contribution in [1.29, 1.82) is 0 Å². The van der Waals surface area contributed by atoms with Crippen LogP contribution in [-0.4, -0.2) is 30.3 Å². The fraction of sp³-hybridized carbons (Fsp3) is 0.467. The number of amides is 2. The van der Waals surface area contributed by atoms with E-state index in [1.807, 2.05) is 20.8 Å². The molecule has 0 bridgehead atoms. The number of ether oxygens (including phenoxy) is 1. The summed E-state index contributed by atoms with van der Waals surface area (Å²) in [7, 11) is 1.54. The monoisotopic (exact) mass is 294 g/mol. The van der Waals surface area contributed by atoms with E-state index in [2.05, 4.69) is 10.6 Å². The minimum atomic E-state index is -0.948. The standard InChI is InChI=1S/C15H22N2O4/c1-15(2,3)12(9-13(18)19)17-14(20)16-10-6-5-7-11(8-10)21-4/h5-8,12H,9H2,1-4H3,(H,18,19)(H2,16,17,20). The Balaban J connectivity index is 2.71. The highest BCUT2D eigenvalue weighted by atomic mass is 16.5. The average molecular weight is 294 g/mol. The van der Waals surface area contributed by atoms with Gasteiger partial charge in [0, 0.05) is 17.8 Å². The molecule has 1 rings (SSSR count). The van der Waals surface area contributed by atoms with E-state index < -0.39 is 18.0 Å². The average Bonchev–Trinajstić information content (AvgIpc) is 2.36. The molecule has 0 saturated heterocycles. The number of hydrogen-bond acceptors (Lipinski definition) is 3. The van der Waals surface area contributed by atoms with Crippen LogP contribution in [0.5, 0.6) is 5.75 Å². The third kappa shape index (κ3) is 5.72. The Kier molecular flexibility index (Phi) is 5.58. The summed E-state index contributed by atoms with van der Waals surface area (Å²) >= 11 is 0. The third-order valence-corrected chi connectivity index (χ3v) is 3.06. The van der Waals surface area contributed by atoms with Gasteiger partial charge in [-0.05, 0) is 17.5 Å². The molecule has 1 aromatic rings. The molecule has 3 N–H and O–H groups in total. The van der Waals surface area contributed by atoms with Gasteiger partial charge in [-0.1, -0.05) is 26.8 Å². The fourth-order valence-corrected chi connectivity index (χ4v) is 1.77. The Hall–Kier alpha value is -2.24. The van der Waals surface area contributed by atoms with Gasteiger partial charge in [-0.25, -0.2) is 4.79 Å². The van der Waals surface area contributed by atoms with Crippen LogP contribution in [0.1, 0.15) is 27.2 Å². The van der Waals surface area contributed by atoms with Crippen LogP contribution in [0.4, 0.5) is 10.5 Å². The molecule has 1 unspecified atom stereocenters. The number of carboxylic acid groups (broad SMARTS) is 1. The Labute approximate surface area is 124 Å². The van der Waals surface area contributed by atoms with E-state index in [1.54, 1.807) is 31.4 Å². The molecule has 0 fully saturated rings. The molecule has 6 nitrogen and oxygen atoms in total. The smallest absolute Gasteiger partial charge is 0.319 e. The quantitative estimate of drug-likeness (QED) is 0.779. The number of urea groups is 1. The molecule has 21 heavy (non-hydrogen) atoms. The largest absolute Gasteiger partial charge is 0.497 e. The van der Waals surface area contributed by atoms with Crippen molar-refractivity contribution >= 4 is 17.7 Å². The fourth-order valence-electron chi connectivity index (χ4n) is 1.77. The maximum absolute atomic E-state index is 12.0. The van der Waals surface area contributed by atoms with Crippen LogP contribution in [0.25, 0.3) is 0 Å². The second kappa shape index (κ2) is 6.97. The van der Waals surface area contributed by atoms with E-state index in [1.165, 1.54) is 0 Å². The summed E-state index contributed by atoms with van der Waals surface area (Å²) in [6, 6.07) is 6.03. The summed E-state index contributed by atoms with van der Waals surface area (Å²) in [6.45, 7) is 5.64. The molecule has 0 saturated carbocycles. The second-order valence-electron chi connectivity index (χ2n) is 5.85. The van der Waals surface area contributed by atoms with Crippen molar-refractivity contribution in [2.24, 2.45) is 5.41 Å². The SMILES string of the molecule is COc1cccc(NC(=O)NC(CC(=O)O)C(C)(C)C)c1. The van der Waals surface area contributed by atoms with Crippen LogP contribution >= 0.6 is 0 Å². The highest BCUT2D eigenvalue weighted by Gasteiger charge is 2.28. The molecule has 0 aliphatic rings. The van der Waals surface area contributed by atoms with Crippen molar-refractivity contribution in [3.63, 3.8) is 0 Å². The van der Waals surface area contributed by atoms with Crippen molar-refractivity contribution in [2.75, 3.05) is 12.4 Å². The minimum Gasteiger partial charge on any atom is -0.497 e. The molecule has 0 spiro atoms. The maximum Gasteiger partial charge on any atom is 0.319 e. The third-order valence-electron chi connectivity index (χ3n) is 3.06. The van der Waals surface area contributed by atoms with Crippen molar-refractivity contribution < 1.29 is 19.4 Å². The van der Waals surface area contributed by atoms with Gasteiger partial charge in [-0.2, -0.15) is 0 Å². The van der Waals surface area contributed by atoms with Crippen molar-refractivity contribution in [2.45, 2.75) is 33.2 Å². The molecule has 0 radical (unpaired) electrons. The molecule has 116 valence electrons. The number of carbonyl (C=O) groups is 2. The Morgan fingerprint density at radius 3 is 2.52 bits per heavy atom. The molecule has 0 aromatic heterocycles. The van der Waals surface area contributed by atoms with E-state index >= 15 is 0 Å². The number of benzene rings is 1. The van der Waals surface area contributed by atoms with Crippen LogP contribution in [-0.2, 0) is 4.79 Å². The first kappa shape index (κ1) is 16.8. The molecule has 2 amide bonds. The van der Waals surface area contributed by atoms with Crippen LogP contribution in [0.3, 0.4) is 0 Å². The second-order valence-corrected chi connectivity index (χ2v) is 5.85. The summed E-state index contributed by atoms with van der Waals surface area (Å²) in [6.07, 6.45) is -0.130. The molecule has 1 aromatic carbocycles. The van der Waals surface area contributed by atoms with Crippen molar-refractivity contribution in [3.8, 4) is 5.75 Å². The maximum atomic E-state index is 12.0. The van der Waals surface area contributed by atoms with Gasteiger partial charge in [-0.15, -0.1) is 0 Å². The molecule has 6 heteroatoms. The lowest BCUT2D eigenvalue weighted by Gasteiger charge is -2.30. The van der Waals surface area contributed by atoms with Gasteiger partial charge in [0.25, 0.3) is 0 Å². The zero-order valence-electron chi connectivity index (χ0n) is 12.8. The van der Waals surface area contributed by atoms with Gasteiger partial charge in [0.2, 0.25) is 0 Å². The Morgan fingerprint density at radius 1 is 1.33 bits per heavy atom. The lowest BCUT2D eigenvalue weighted by atomic mass is 9.85. The topological polar surface area (TPSA) is 87.7 Å². The van der Waals surface area contributed by atoms with Crippen LogP contribution in [0, 0.1) is 5.41 Å². The summed E-state index contributed by atoms with van der Waals surface area (Å²) in [5, 5.41) is 14.3. The van der Waals surface area contributed by atoms with E-state index in [9.17, 15) is 9.59 Å². The summed E-state index contributed by atoms with van der Waals surface area (Å²) in [5.74, 6) is -0.317. The van der Waals surface area contributed by atoms with Crippen LogP contribution in [0.15, 0.2) is 24.3 Å². The first-order chi connectivity index (χ1) is 9.72. The van der Waals surface area contributed by atoms with Crippen LogP contribution in [0.2, 0.25) is 0 Å². The first-order valence-electron chi connectivity index (χ1n) is 6.65. The zero-order valence-corrected chi connectivity index (χ0v) is 12.8. The van der Waals surface area contributed by atoms with Crippen LogP contribution < -0.4 is 15.4 Å². The zero-order chi connectivity index (χ0) is 16.0. The predicted molar refractivity (Wildman–Crippen MR) is 80.6 cm³/mol. The number of aliphatic carboxylic acids is 1. The molecule has 1 atom stereocenters. The highest BCUT2D eigenvalue weighted by Crippen LogP contribution is 2.22. The normalized spacial score (nSPS) is 12.4. The van der Waals surface area contributed by atoms with E-state index in [4.69, 9.17) is 9.84 Å². The molecular formula is C15H22N2O4. The highest BCUT2D eigenvalue weighted by molar-refractivity contribution is 5.90. The Bertz CT molecular complexity index is 509. The number of carboxylic acids is 1. The number of hydrogen-bond donors (Lipinski definition) is 3. The molecule has 0 aliphatic heterocycles. The summed E-state index contributed by atoms with van der Waals surface area (Å²) < 4.78 is 5.07.